The molecule has 3 aromatic rings. The van der Waals surface area contributed by atoms with Gasteiger partial charge in [0.15, 0.2) is 6.61 Å². The molecule has 5 amide bonds. The number of halogens is 2. The molecule has 1 aliphatic heterocycles. The van der Waals surface area contributed by atoms with Gasteiger partial charge in [0.25, 0.3) is 17.7 Å². The summed E-state index contributed by atoms with van der Waals surface area (Å²) in [5.74, 6) is -1.86. The topological polar surface area (TPSA) is 125 Å². The number of benzene rings is 3. The van der Waals surface area contributed by atoms with Gasteiger partial charge in [-0.15, -0.1) is 0 Å². The minimum atomic E-state index is -0.905. The van der Waals surface area contributed by atoms with Crippen molar-refractivity contribution in [3.8, 4) is 11.5 Å². The number of rotatable bonds is 6. The number of nitrogens with zero attached hydrogens (tertiary/aromatic N) is 1. The quantitative estimate of drug-likeness (QED) is 0.324. The SMILES string of the molecule is O=C(COc1cccc(/C=C2/C(=O)NC(=O)N(c3ccc(O)cc3)C2=O)c1)Nc1ccc(Cl)c(Cl)c1. The molecule has 9 nitrogen and oxygen atoms in total. The first-order valence-corrected chi connectivity index (χ1v) is 11.1. The number of carbonyl (C=O) groups is 4. The standard InChI is InChI=1S/C25H17Cl2N3O6/c26-20-9-4-15(12-21(20)27)28-22(32)13-36-18-3-1-2-14(10-18)11-19-23(33)29-25(35)30(24(19)34)16-5-7-17(31)8-6-16/h1-12,31H,13H2,(H,28,32)(H,29,33,35)/b19-11-. The van der Waals surface area contributed by atoms with Gasteiger partial charge in [-0.25, -0.2) is 9.69 Å². The van der Waals surface area contributed by atoms with E-state index in [9.17, 15) is 24.3 Å². The van der Waals surface area contributed by atoms with Crippen LogP contribution in [-0.2, 0) is 14.4 Å². The van der Waals surface area contributed by atoms with Crippen LogP contribution in [0.15, 0.2) is 72.3 Å². The average molecular weight is 526 g/mol. The van der Waals surface area contributed by atoms with E-state index in [0.29, 0.717) is 27.0 Å². The summed E-state index contributed by atoms with van der Waals surface area (Å²) in [6.45, 7) is -0.317. The van der Waals surface area contributed by atoms with Crippen LogP contribution in [0.4, 0.5) is 16.2 Å². The van der Waals surface area contributed by atoms with Crippen LogP contribution in [0.2, 0.25) is 10.0 Å². The van der Waals surface area contributed by atoms with Gasteiger partial charge in [-0.2, -0.15) is 0 Å². The van der Waals surface area contributed by atoms with Crippen molar-refractivity contribution < 1.29 is 29.0 Å². The number of carbonyl (C=O) groups excluding carboxylic acids is 4. The second-order valence-electron chi connectivity index (χ2n) is 7.51. The van der Waals surface area contributed by atoms with E-state index in [0.717, 1.165) is 4.90 Å². The van der Waals surface area contributed by atoms with Crippen molar-refractivity contribution in [2.45, 2.75) is 0 Å². The Labute approximate surface area is 214 Å². The van der Waals surface area contributed by atoms with Crippen molar-refractivity contribution in [3.05, 3.63) is 87.9 Å². The zero-order valence-corrected chi connectivity index (χ0v) is 19.8. The van der Waals surface area contributed by atoms with Crippen molar-refractivity contribution >= 4 is 64.4 Å². The van der Waals surface area contributed by atoms with Gasteiger partial charge in [0.2, 0.25) is 0 Å². The van der Waals surface area contributed by atoms with E-state index in [1.54, 1.807) is 30.3 Å². The van der Waals surface area contributed by atoms with Crippen LogP contribution in [0.5, 0.6) is 11.5 Å². The molecule has 1 aliphatic rings. The number of amides is 5. The highest BCUT2D eigenvalue weighted by Gasteiger charge is 2.36. The average Bonchev–Trinajstić information content (AvgIpc) is 2.84. The highest BCUT2D eigenvalue weighted by molar-refractivity contribution is 6.42. The maximum atomic E-state index is 13.0. The molecule has 3 N–H and O–H groups in total. The molecule has 11 heteroatoms. The highest BCUT2D eigenvalue weighted by atomic mass is 35.5. The van der Waals surface area contributed by atoms with Crippen LogP contribution < -0.4 is 20.3 Å². The molecule has 0 saturated carbocycles. The van der Waals surface area contributed by atoms with E-state index in [2.05, 4.69) is 10.6 Å². The number of imide groups is 2. The van der Waals surface area contributed by atoms with Gasteiger partial charge >= 0.3 is 6.03 Å². The Hall–Kier alpha value is -4.34. The molecule has 182 valence electrons. The molecule has 1 saturated heterocycles. The number of hydrogen-bond acceptors (Lipinski definition) is 6. The molecule has 0 spiro atoms. The summed E-state index contributed by atoms with van der Waals surface area (Å²) in [5, 5.41) is 14.9. The predicted molar refractivity (Wildman–Crippen MR) is 134 cm³/mol. The van der Waals surface area contributed by atoms with Gasteiger partial charge in [0.1, 0.15) is 17.1 Å². The third-order valence-corrected chi connectivity index (χ3v) is 5.69. The molecule has 4 rings (SSSR count). The summed E-state index contributed by atoms with van der Waals surface area (Å²) in [7, 11) is 0. The summed E-state index contributed by atoms with van der Waals surface area (Å²) in [6, 6.07) is 15.5. The highest BCUT2D eigenvalue weighted by Crippen LogP contribution is 2.26. The number of barbiturate groups is 1. The largest absolute Gasteiger partial charge is 0.508 e. The fourth-order valence-corrected chi connectivity index (χ4v) is 3.57. The first kappa shape index (κ1) is 24.8. The maximum absolute atomic E-state index is 13.0. The van der Waals surface area contributed by atoms with Gasteiger partial charge in [-0.1, -0.05) is 35.3 Å². The van der Waals surface area contributed by atoms with Gasteiger partial charge in [0.05, 0.1) is 15.7 Å². The lowest BCUT2D eigenvalue weighted by Crippen LogP contribution is -2.54. The second-order valence-corrected chi connectivity index (χ2v) is 8.33. The maximum Gasteiger partial charge on any atom is 0.335 e. The number of phenolic OH excluding ortho intramolecular Hbond substituents is 1. The van der Waals surface area contributed by atoms with Crippen LogP contribution >= 0.6 is 23.2 Å². The molecule has 0 aliphatic carbocycles. The van der Waals surface area contributed by atoms with Crippen LogP contribution in [-0.4, -0.2) is 35.5 Å². The molecule has 0 radical (unpaired) electrons. The fraction of sp³-hybridized carbons (Fsp3) is 0.0400. The van der Waals surface area contributed by atoms with Crippen molar-refractivity contribution in [2.24, 2.45) is 0 Å². The van der Waals surface area contributed by atoms with Crippen LogP contribution in [0.25, 0.3) is 6.08 Å². The number of aromatic hydroxyl groups is 1. The lowest BCUT2D eigenvalue weighted by molar-refractivity contribution is -0.122. The monoisotopic (exact) mass is 525 g/mol. The van der Waals surface area contributed by atoms with Crippen molar-refractivity contribution in [3.63, 3.8) is 0 Å². The van der Waals surface area contributed by atoms with E-state index in [1.165, 1.54) is 42.5 Å². The normalized spacial score (nSPS) is 14.6. The summed E-state index contributed by atoms with van der Waals surface area (Å²) in [4.78, 5) is 50.6. The fourth-order valence-electron chi connectivity index (χ4n) is 3.27. The number of nitrogens with one attached hydrogen (secondary N) is 2. The zero-order chi connectivity index (χ0) is 25.8. The predicted octanol–water partition coefficient (Wildman–Crippen LogP) is 4.38. The number of urea groups is 1. The van der Waals surface area contributed by atoms with E-state index >= 15 is 0 Å². The molecule has 3 aromatic carbocycles. The minimum Gasteiger partial charge on any atom is -0.508 e. The third-order valence-electron chi connectivity index (χ3n) is 4.95. The molecular weight excluding hydrogens is 509 g/mol. The van der Waals surface area contributed by atoms with E-state index in [-0.39, 0.29) is 23.6 Å². The van der Waals surface area contributed by atoms with Crippen molar-refractivity contribution in [1.29, 1.82) is 0 Å². The Bertz CT molecular complexity index is 1410. The van der Waals surface area contributed by atoms with Gasteiger partial charge in [0, 0.05) is 5.69 Å². The second kappa shape index (κ2) is 10.5. The summed E-state index contributed by atoms with van der Waals surface area (Å²) >= 11 is 11.8. The summed E-state index contributed by atoms with van der Waals surface area (Å²) in [6.07, 6.45) is 1.31. The molecule has 0 aromatic heterocycles. The first-order valence-electron chi connectivity index (χ1n) is 10.4. The summed E-state index contributed by atoms with van der Waals surface area (Å²) < 4.78 is 5.52. The molecule has 0 atom stereocenters. The Balaban J connectivity index is 1.47. The number of ether oxygens (including phenoxy) is 1. The van der Waals surface area contributed by atoms with E-state index in [1.807, 2.05) is 0 Å². The van der Waals surface area contributed by atoms with Crippen molar-refractivity contribution in [2.75, 3.05) is 16.8 Å². The van der Waals surface area contributed by atoms with Gasteiger partial charge < -0.3 is 15.2 Å². The smallest absolute Gasteiger partial charge is 0.335 e. The lowest BCUT2D eigenvalue weighted by Gasteiger charge is -2.26. The van der Waals surface area contributed by atoms with E-state index in [4.69, 9.17) is 27.9 Å². The molecular formula is C25H17Cl2N3O6. The number of phenols is 1. The molecule has 0 bridgehead atoms. The number of anilines is 2. The third kappa shape index (κ3) is 5.65. The zero-order valence-electron chi connectivity index (χ0n) is 18.3. The summed E-state index contributed by atoms with van der Waals surface area (Å²) in [5.41, 5.74) is 0.776. The molecule has 1 heterocycles. The molecule has 0 unspecified atom stereocenters. The Morgan fingerprint density at radius 2 is 1.75 bits per heavy atom. The van der Waals surface area contributed by atoms with Gasteiger partial charge in [-0.3, -0.25) is 19.7 Å². The first-order chi connectivity index (χ1) is 17.2. The lowest BCUT2D eigenvalue weighted by atomic mass is 10.1. The minimum absolute atomic E-state index is 0.0436. The van der Waals surface area contributed by atoms with Crippen LogP contribution in [0.3, 0.4) is 0 Å². The Kier molecular flexibility index (Phi) is 7.23. The van der Waals surface area contributed by atoms with Gasteiger partial charge in [-0.05, 0) is 66.2 Å². The van der Waals surface area contributed by atoms with E-state index < -0.39 is 23.8 Å². The number of hydrogen-bond donors (Lipinski definition) is 3. The Morgan fingerprint density at radius 3 is 2.47 bits per heavy atom. The van der Waals surface area contributed by atoms with Crippen molar-refractivity contribution in [1.82, 2.24) is 5.32 Å². The molecule has 36 heavy (non-hydrogen) atoms. The molecule has 1 fully saturated rings. The van der Waals surface area contributed by atoms with Crippen LogP contribution in [0, 0.1) is 0 Å². The Morgan fingerprint density at radius 1 is 1.00 bits per heavy atom. The van der Waals surface area contributed by atoms with Crippen LogP contribution in [0.1, 0.15) is 5.56 Å².